The lowest BCUT2D eigenvalue weighted by Crippen LogP contribution is -1.91. The fourth-order valence-electron chi connectivity index (χ4n) is 7.42. The Bertz CT molecular complexity index is 2810. The van der Waals surface area contributed by atoms with Crippen molar-refractivity contribution in [3.8, 4) is 22.3 Å². The summed E-state index contributed by atoms with van der Waals surface area (Å²) in [6.07, 6.45) is 0. The molecule has 10 aromatic rings. The van der Waals surface area contributed by atoms with Crippen molar-refractivity contribution in [3.63, 3.8) is 0 Å². The molecule has 0 aliphatic rings. The number of benzene rings is 8. The number of para-hydroxylation sites is 1. The highest BCUT2D eigenvalue weighted by Crippen LogP contribution is 2.45. The molecule has 0 saturated carbocycles. The summed E-state index contributed by atoms with van der Waals surface area (Å²) in [7, 11) is 0. The SMILES string of the molecule is Cc1ccc2c(-c3ccc4c(c3)oc3cc5cc6oc7ccccc7c6cc5cc34)c3ccccc3c(-c3ccccc3)c2c1. The fraction of sp³-hybridized carbons (Fsp3) is 0.0233. The monoisotopic (exact) mass is 574 g/mol. The molecule has 2 aromatic heterocycles. The third kappa shape index (κ3) is 3.57. The fourth-order valence-corrected chi connectivity index (χ4v) is 7.42. The Morgan fingerprint density at radius 2 is 0.867 bits per heavy atom. The van der Waals surface area contributed by atoms with E-state index in [2.05, 4.69) is 134 Å². The van der Waals surface area contributed by atoms with E-state index in [4.69, 9.17) is 8.83 Å². The van der Waals surface area contributed by atoms with Gasteiger partial charge >= 0.3 is 0 Å². The van der Waals surface area contributed by atoms with Gasteiger partial charge in [0.2, 0.25) is 0 Å². The van der Waals surface area contributed by atoms with Gasteiger partial charge in [0.1, 0.15) is 22.3 Å². The molecular formula is C43H26O2. The summed E-state index contributed by atoms with van der Waals surface area (Å²) < 4.78 is 12.8. The third-order valence-electron chi connectivity index (χ3n) is 9.46. The molecule has 0 unspecified atom stereocenters. The van der Waals surface area contributed by atoms with Gasteiger partial charge < -0.3 is 8.83 Å². The molecule has 0 aliphatic heterocycles. The molecule has 0 fully saturated rings. The normalized spacial score (nSPS) is 12.1. The second kappa shape index (κ2) is 9.07. The summed E-state index contributed by atoms with van der Waals surface area (Å²) in [5.41, 5.74) is 9.74. The summed E-state index contributed by atoms with van der Waals surface area (Å²) in [6.45, 7) is 2.17. The van der Waals surface area contributed by atoms with E-state index in [1.165, 1.54) is 49.2 Å². The maximum Gasteiger partial charge on any atom is 0.136 e. The van der Waals surface area contributed by atoms with Crippen molar-refractivity contribution >= 4 is 76.2 Å². The Morgan fingerprint density at radius 1 is 0.333 bits per heavy atom. The zero-order valence-electron chi connectivity index (χ0n) is 24.6. The molecule has 0 bridgehead atoms. The summed E-state index contributed by atoms with van der Waals surface area (Å²) in [6, 6.07) is 50.2. The molecule has 0 saturated heterocycles. The minimum atomic E-state index is 0.884. The zero-order chi connectivity index (χ0) is 29.6. The molecule has 0 radical (unpaired) electrons. The van der Waals surface area contributed by atoms with Crippen LogP contribution in [0.5, 0.6) is 0 Å². The standard InChI is InChI=1S/C43H26O2/c1-25-15-17-34-37(19-25)42(26-9-3-2-4-10-26)32-12-5-6-13-33(32)43(34)27-16-18-31-36-21-28-20-35-30-11-7-8-14-38(30)44-40(35)23-29(28)24-41(36)45-39(31)22-27/h2-24H,1H3. The number of aryl methyl sites for hydroxylation is 1. The van der Waals surface area contributed by atoms with E-state index in [0.29, 0.717) is 0 Å². The van der Waals surface area contributed by atoms with Crippen molar-refractivity contribution in [2.45, 2.75) is 6.92 Å². The van der Waals surface area contributed by atoms with E-state index >= 15 is 0 Å². The number of hydrogen-bond donors (Lipinski definition) is 0. The van der Waals surface area contributed by atoms with Crippen LogP contribution in [0.3, 0.4) is 0 Å². The summed E-state index contributed by atoms with van der Waals surface area (Å²) in [5, 5.41) is 11.8. The molecule has 10 rings (SSSR count). The molecule has 0 N–H and O–H groups in total. The van der Waals surface area contributed by atoms with Crippen LogP contribution in [0.1, 0.15) is 5.56 Å². The van der Waals surface area contributed by atoms with Gasteiger partial charge in [0.25, 0.3) is 0 Å². The van der Waals surface area contributed by atoms with Gasteiger partial charge in [-0.1, -0.05) is 103 Å². The maximum absolute atomic E-state index is 6.60. The van der Waals surface area contributed by atoms with Gasteiger partial charge in [-0.05, 0) is 104 Å². The summed E-state index contributed by atoms with van der Waals surface area (Å²) in [4.78, 5) is 0. The van der Waals surface area contributed by atoms with Gasteiger partial charge in [0, 0.05) is 21.5 Å². The maximum atomic E-state index is 6.60. The highest BCUT2D eigenvalue weighted by Gasteiger charge is 2.18. The topological polar surface area (TPSA) is 26.3 Å². The lowest BCUT2D eigenvalue weighted by molar-refractivity contribution is 0.668. The number of fused-ring (bicyclic) bond motifs is 9. The number of rotatable bonds is 2. The Labute approximate surface area is 258 Å². The largest absolute Gasteiger partial charge is 0.456 e. The van der Waals surface area contributed by atoms with Crippen LogP contribution in [0.2, 0.25) is 0 Å². The lowest BCUT2D eigenvalue weighted by atomic mass is 9.85. The van der Waals surface area contributed by atoms with Gasteiger partial charge in [0.05, 0.1) is 0 Å². The Hall–Kier alpha value is -5.86. The average Bonchev–Trinajstić information content (AvgIpc) is 3.61. The molecule has 0 aliphatic carbocycles. The van der Waals surface area contributed by atoms with Crippen molar-refractivity contribution in [3.05, 3.63) is 145 Å². The van der Waals surface area contributed by atoms with Gasteiger partial charge in [-0.3, -0.25) is 0 Å². The first-order valence-electron chi connectivity index (χ1n) is 15.4. The first-order valence-corrected chi connectivity index (χ1v) is 15.4. The summed E-state index contributed by atoms with van der Waals surface area (Å²) >= 11 is 0. The van der Waals surface area contributed by atoms with Crippen LogP contribution < -0.4 is 0 Å². The highest BCUT2D eigenvalue weighted by atomic mass is 16.3. The van der Waals surface area contributed by atoms with E-state index in [1.54, 1.807) is 0 Å². The van der Waals surface area contributed by atoms with Crippen LogP contribution >= 0.6 is 0 Å². The molecule has 0 spiro atoms. The third-order valence-corrected chi connectivity index (χ3v) is 9.46. The molecule has 210 valence electrons. The predicted molar refractivity (Wildman–Crippen MR) is 189 cm³/mol. The van der Waals surface area contributed by atoms with Gasteiger partial charge in [-0.25, -0.2) is 0 Å². The van der Waals surface area contributed by atoms with Gasteiger partial charge in [-0.2, -0.15) is 0 Å². The van der Waals surface area contributed by atoms with Crippen LogP contribution in [0.4, 0.5) is 0 Å². The van der Waals surface area contributed by atoms with E-state index in [-0.39, 0.29) is 0 Å². The first kappa shape index (κ1) is 24.6. The molecule has 2 heterocycles. The highest BCUT2D eigenvalue weighted by molar-refractivity contribution is 6.22. The molecular weight excluding hydrogens is 548 g/mol. The minimum absolute atomic E-state index is 0.884. The van der Waals surface area contributed by atoms with Crippen molar-refractivity contribution in [1.29, 1.82) is 0 Å². The van der Waals surface area contributed by atoms with E-state index < -0.39 is 0 Å². The second-order valence-corrected chi connectivity index (χ2v) is 12.2. The van der Waals surface area contributed by atoms with Crippen LogP contribution in [-0.4, -0.2) is 0 Å². The van der Waals surface area contributed by atoms with Gasteiger partial charge in [0.15, 0.2) is 0 Å². The average molecular weight is 575 g/mol. The second-order valence-electron chi connectivity index (χ2n) is 12.2. The van der Waals surface area contributed by atoms with Crippen LogP contribution in [-0.2, 0) is 0 Å². The van der Waals surface area contributed by atoms with E-state index in [1.807, 2.05) is 12.1 Å². The van der Waals surface area contributed by atoms with E-state index in [9.17, 15) is 0 Å². The number of furan rings is 2. The smallest absolute Gasteiger partial charge is 0.136 e. The molecule has 0 atom stereocenters. The van der Waals surface area contributed by atoms with Gasteiger partial charge in [-0.15, -0.1) is 0 Å². The summed E-state index contributed by atoms with van der Waals surface area (Å²) in [5.74, 6) is 0. The van der Waals surface area contributed by atoms with Crippen LogP contribution in [0.25, 0.3) is 98.4 Å². The Balaban J connectivity index is 1.23. The zero-order valence-corrected chi connectivity index (χ0v) is 24.6. The molecule has 8 aromatic carbocycles. The van der Waals surface area contributed by atoms with E-state index in [0.717, 1.165) is 54.8 Å². The van der Waals surface area contributed by atoms with Crippen molar-refractivity contribution in [2.24, 2.45) is 0 Å². The Morgan fingerprint density at radius 3 is 1.62 bits per heavy atom. The minimum Gasteiger partial charge on any atom is -0.456 e. The van der Waals surface area contributed by atoms with Crippen molar-refractivity contribution in [2.75, 3.05) is 0 Å². The number of hydrogen-bond acceptors (Lipinski definition) is 2. The lowest BCUT2D eigenvalue weighted by Gasteiger charge is -2.18. The first-order chi connectivity index (χ1) is 22.2. The molecule has 45 heavy (non-hydrogen) atoms. The van der Waals surface area contributed by atoms with Crippen LogP contribution in [0.15, 0.2) is 148 Å². The van der Waals surface area contributed by atoms with Crippen LogP contribution in [0, 0.1) is 6.92 Å². The molecule has 2 heteroatoms. The van der Waals surface area contributed by atoms with Crippen molar-refractivity contribution < 1.29 is 8.83 Å². The molecule has 0 amide bonds. The predicted octanol–water partition coefficient (Wildman–Crippen LogP) is 12.6. The Kier molecular flexibility index (Phi) is 4.95. The van der Waals surface area contributed by atoms with Crippen molar-refractivity contribution in [1.82, 2.24) is 0 Å². The molecule has 2 nitrogen and oxygen atoms in total. The quantitative estimate of drug-likeness (QED) is 0.192.